The summed E-state index contributed by atoms with van der Waals surface area (Å²) in [6, 6.07) is 11.2. The van der Waals surface area contributed by atoms with Gasteiger partial charge in [0.15, 0.2) is 0 Å². The number of hydrogen-bond acceptors (Lipinski definition) is 5. The number of likely N-dealkylation sites (tertiary alicyclic amines) is 1. The predicted octanol–water partition coefficient (Wildman–Crippen LogP) is 4.10. The molecule has 1 unspecified atom stereocenters. The van der Waals surface area contributed by atoms with Gasteiger partial charge in [0.2, 0.25) is 5.91 Å². The van der Waals surface area contributed by atoms with Crippen LogP contribution < -0.4 is 18.9 Å². The van der Waals surface area contributed by atoms with Crippen molar-refractivity contribution >= 4 is 12.0 Å². The second-order valence-electron chi connectivity index (χ2n) is 6.74. The van der Waals surface area contributed by atoms with Gasteiger partial charge in [-0.15, -0.1) is 0 Å². The van der Waals surface area contributed by atoms with Crippen molar-refractivity contribution in [3.05, 3.63) is 53.6 Å². The molecule has 0 aliphatic carbocycles. The first kappa shape index (κ1) is 20.6. The Labute approximate surface area is 171 Å². The fourth-order valence-electron chi connectivity index (χ4n) is 3.67. The van der Waals surface area contributed by atoms with E-state index in [1.54, 1.807) is 40.6 Å². The summed E-state index contributed by atoms with van der Waals surface area (Å²) in [7, 11) is 6.47. The molecule has 29 heavy (non-hydrogen) atoms. The number of nitrogens with zero attached hydrogens (tertiary/aromatic N) is 1. The van der Waals surface area contributed by atoms with Crippen LogP contribution in [0.25, 0.3) is 6.08 Å². The van der Waals surface area contributed by atoms with Crippen LogP contribution in [0.15, 0.2) is 42.5 Å². The predicted molar refractivity (Wildman–Crippen MR) is 112 cm³/mol. The lowest BCUT2D eigenvalue weighted by Crippen LogP contribution is -2.29. The average molecular weight is 397 g/mol. The maximum Gasteiger partial charge on any atom is 0.247 e. The largest absolute Gasteiger partial charge is 0.497 e. The van der Waals surface area contributed by atoms with Crippen molar-refractivity contribution in [2.24, 2.45) is 0 Å². The number of methoxy groups -OCH3 is 4. The highest BCUT2D eigenvalue weighted by atomic mass is 16.5. The van der Waals surface area contributed by atoms with Crippen molar-refractivity contribution in [2.75, 3.05) is 35.0 Å². The summed E-state index contributed by atoms with van der Waals surface area (Å²) in [4.78, 5) is 14.9. The normalized spacial score (nSPS) is 16.1. The van der Waals surface area contributed by atoms with Crippen LogP contribution in [0.3, 0.4) is 0 Å². The first-order chi connectivity index (χ1) is 14.1. The molecule has 1 fully saturated rings. The van der Waals surface area contributed by atoms with Crippen LogP contribution in [0.2, 0.25) is 0 Å². The molecular formula is C23H27NO5. The van der Waals surface area contributed by atoms with Crippen molar-refractivity contribution in [2.45, 2.75) is 18.9 Å². The molecule has 2 aromatic rings. The third kappa shape index (κ3) is 4.47. The summed E-state index contributed by atoms with van der Waals surface area (Å²) < 4.78 is 21.5. The lowest BCUT2D eigenvalue weighted by molar-refractivity contribution is -0.126. The van der Waals surface area contributed by atoms with Gasteiger partial charge in [0.25, 0.3) is 0 Å². The van der Waals surface area contributed by atoms with Gasteiger partial charge in [0, 0.05) is 29.8 Å². The number of carbonyl (C=O) groups excluding carboxylic acids is 1. The highest BCUT2D eigenvalue weighted by molar-refractivity contribution is 5.92. The number of amides is 1. The van der Waals surface area contributed by atoms with Crippen LogP contribution in [0, 0.1) is 0 Å². The van der Waals surface area contributed by atoms with E-state index in [2.05, 4.69) is 0 Å². The van der Waals surface area contributed by atoms with Crippen molar-refractivity contribution in [3.63, 3.8) is 0 Å². The zero-order valence-electron chi connectivity index (χ0n) is 17.3. The standard InChI is InChI=1S/C23H27NO5/c1-26-17-9-11-21(28-3)16(14-17)7-12-23(25)24-13-5-6-20(24)19-10-8-18(27-2)15-22(19)29-4/h7-12,14-15,20H,5-6,13H2,1-4H3. The number of ether oxygens (including phenoxy) is 4. The summed E-state index contributed by atoms with van der Waals surface area (Å²) in [6.07, 6.45) is 5.20. The van der Waals surface area contributed by atoms with Gasteiger partial charge in [-0.2, -0.15) is 0 Å². The van der Waals surface area contributed by atoms with Gasteiger partial charge < -0.3 is 23.8 Å². The molecule has 1 amide bonds. The lowest BCUT2D eigenvalue weighted by Gasteiger charge is -2.25. The molecular weight excluding hydrogens is 370 g/mol. The minimum absolute atomic E-state index is 0.0276. The fraction of sp³-hybridized carbons (Fsp3) is 0.348. The number of carbonyl (C=O) groups is 1. The van der Waals surface area contributed by atoms with Crippen molar-refractivity contribution in [1.82, 2.24) is 4.90 Å². The van der Waals surface area contributed by atoms with Crippen LogP contribution in [0.5, 0.6) is 23.0 Å². The van der Waals surface area contributed by atoms with E-state index in [1.165, 1.54) is 0 Å². The minimum atomic E-state index is -0.0461. The molecule has 1 aliphatic heterocycles. The molecule has 3 rings (SSSR count). The van der Waals surface area contributed by atoms with E-state index >= 15 is 0 Å². The summed E-state index contributed by atoms with van der Waals surface area (Å²) in [6.45, 7) is 0.707. The van der Waals surface area contributed by atoms with Crippen molar-refractivity contribution in [1.29, 1.82) is 0 Å². The van der Waals surface area contributed by atoms with Crippen molar-refractivity contribution < 1.29 is 23.7 Å². The smallest absolute Gasteiger partial charge is 0.247 e. The lowest BCUT2D eigenvalue weighted by atomic mass is 10.0. The van der Waals surface area contributed by atoms with E-state index in [-0.39, 0.29) is 11.9 Å². The number of benzene rings is 2. The van der Waals surface area contributed by atoms with Crippen LogP contribution in [-0.2, 0) is 4.79 Å². The van der Waals surface area contributed by atoms with Gasteiger partial charge in [-0.3, -0.25) is 4.79 Å². The van der Waals surface area contributed by atoms with E-state index < -0.39 is 0 Å². The quantitative estimate of drug-likeness (QED) is 0.659. The van der Waals surface area contributed by atoms with E-state index in [0.29, 0.717) is 18.0 Å². The van der Waals surface area contributed by atoms with E-state index in [1.807, 2.05) is 41.3 Å². The Morgan fingerprint density at radius 2 is 1.62 bits per heavy atom. The first-order valence-electron chi connectivity index (χ1n) is 9.54. The van der Waals surface area contributed by atoms with Crippen LogP contribution in [0.4, 0.5) is 0 Å². The Kier molecular flexibility index (Phi) is 6.65. The molecule has 0 radical (unpaired) electrons. The Bertz CT molecular complexity index is 893. The molecule has 0 spiro atoms. The topological polar surface area (TPSA) is 57.2 Å². The molecule has 1 saturated heterocycles. The van der Waals surface area contributed by atoms with Crippen LogP contribution >= 0.6 is 0 Å². The molecule has 0 N–H and O–H groups in total. The highest BCUT2D eigenvalue weighted by Crippen LogP contribution is 2.39. The molecule has 6 nitrogen and oxygen atoms in total. The molecule has 1 atom stereocenters. The molecule has 2 aromatic carbocycles. The number of rotatable bonds is 7. The summed E-state index contributed by atoms with van der Waals surface area (Å²) >= 11 is 0. The minimum Gasteiger partial charge on any atom is -0.497 e. The molecule has 0 saturated carbocycles. The van der Waals surface area contributed by atoms with E-state index in [0.717, 1.165) is 35.5 Å². The Morgan fingerprint density at radius 3 is 2.31 bits per heavy atom. The van der Waals surface area contributed by atoms with Crippen LogP contribution in [-0.4, -0.2) is 45.8 Å². The zero-order valence-corrected chi connectivity index (χ0v) is 17.3. The summed E-state index contributed by atoms with van der Waals surface area (Å²) in [5, 5.41) is 0. The van der Waals surface area contributed by atoms with Gasteiger partial charge in [-0.1, -0.05) is 0 Å². The van der Waals surface area contributed by atoms with Gasteiger partial charge in [0.1, 0.15) is 23.0 Å². The average Bonchev–Trinajstić information content (AvgIpc) is 3.26. The second-order valence-corrected chi connectivity index (χ2v) is 6.74. The zero-order chi connectivity index (χ0) is 20.8. The molecule has 1 heterocycles. The van der Waals surface area contributed by atoms with Crippen molar-refractivity contribution in [3.8, 4) is 23.0 Å². The first-order valence-corrected chi connectivity index (χ1v) is 9.54. The molecule has 1 aliphatic rings. The van der Waals surface area contributed by atoms with Crippen LogP contribution in [0.1, 0.15) is 30.0 Å². The second kappa shape index (κ2) is 9.37. The Balaban J connectivity index is 1.83. The molecule has 154 valence electrons. The third-order valence-corrected chi connectivity index (χ3v) is 5.18. The SMILES string of the molecule is COc1ccc(OC)c(C=CC(=O)N2CCCC2c2ccc(OC)cc2OC)c1. The maximum atomic E-state index is 13.0. The summed E-state index contributed by atoms with van der Waals surface area (Å²) in [5.74, 6) is 2.80. The van der Waals surface area contributed by atoms with Gasteiger partial charge in [-0.25, -0.2) is 0 Å². The van der Waals surface area contributed by atoms with Gasteiger partial charge in [-0.05, 0) is 49.2 Å². The monoisotopic (exact) mass is 397 g/mol. The number of hydrogen-bond donors (Lipinski definition) is 0. The summed E-state index contributed by atoms with van der Waals surface area (Å²) in [5.41, 5.74) is 1.78. The molecule has 6 heteroatoms. The van der Waals surface area contributed by atoms with Gasteiger partial charge >= 0.3 is 0 Å². The van der Waals surface area contributed by atoms with Gasteiger partial charge in [0.05, 0.1) is 34.5 Å². The Morgan fingerprint density at radius 1 is 0.931 bits per heavy atom. The molecule has 0 bridgehead atoms. The van der Waals surface area contributed by atoms with E-state index in [4.69, 9.17) is 18.9 Å². The Hall–Kier alpha value is -3.15. The highest BCUT2D eigenvalue weighted by Gasteiger charge is 2.31. The maximum absolute atomic E-state index is 13.0. The molecule has 0 aromatic heterocycles. The fourth-order valence-corrected chi connectivity index (χ4v) is 3.67. The van der Waals surface area contributed by atoms with E-state index in [9.17, 15) is 4.79 Å². The third-order valence-electron chi connectivity index (χ3n) is 5.18.